The van der Waals surface area contributed by atoms with Crippen LogP contribution in [0.15, 0.2) is 59.4 Å². The summed E-state index contributed by atoms with van der Waals surface area (Å²) in [5.74, 6) is 1.44. The third kappa shape index (κ3) is 7.63. The number of benzene rings is 2. The monoisotopic (exact) mass is 510 g/mol. The molecule has 0 amide bonds. The van der Waals surface area contributed by atoms with Crippen molar-refractivity contribution in [2.24, 2.45) is 0 Å². The molecule has 0 N–H and O–H groups in total. The second kappa shape index (κ2) is 14.3. The average molecular weight is 511 g/mol. The van der Waals surface area contributed by atoms with Gasteiger partial charge in [0.15, 0.2) is 0 Å². The van der Waals surface area contributed by atoms with Gasteiger partial charge in [0.25, 0.3) is 5.56 Å². The van der Waals surface area contributed by atoms with Gasteiger partial charge in [-0.05, 0) is 49.6 Å². The number of nitrogens with zero attached hydrogens (tertiary/aromatic N) is 2. The Morgan fingerprint density at radius 1 is 0.919 bits per heavy atom. The zero-order valence-electron chi connectivity index (χ0n) is 21.9. The highest BCUT2D eigenvalue weighted by atomic mass is 16.5. The molecule has 8 nitrogen and oxygen atoms in total. The van der Waals surface area contributed by atoms with E-state index in [2.05, 4.69) is 4.90 Å². The first kappa shape index (κ1) is 27.3. The molecule has 0 radical (unpaired) electrons. The zero-order valence-corrected chi connectivity index (χ0v) is 21.9. The van der Waals surface area contributed by atoms with Crippen LogP contribution in [0.1, 0.15) is 19.4 Å². The molecule has 8 heteroatoms. The van der Waals surface area contributed by atoms with E-state index in [0.29, 0.717) is 71.7 Å². The zero-order chi connectivity index (χ0) is 25.9. The van der Waals surface area contributed by atoms with Crippen LogP contribution >= 0.6 is 0 Å². The maximum atomic E-state index is 13.7. The molecule has 0 aliphatic carbocycles. The summed E-state index contributed by atoms with van der Waals surface area (Å²) in [6, 6.07) is 17.6. The fourth-order valence-corrected chi connectivity index (χ4v) is 4.49. The molecular weight excluding hydrogens is 472 g/mol. The Morgan fingerprint density at radius 3 is 2.51 bits per heavy atom. The summed E-state index contributed by atoms with van der Waals surface area (Å²) in [6.45, 7) is 10.3. The Morgan fingerprint density at radius 2 is 1.70 bits per heavy atom. The molecule has 0 saturated carbocycles. The van der Waals surface area contributed by atoms with E-state index in [1.807, 2.05) is 73.0 Å². The summed E-state index contributed by atoms with van der Waals surface area (Å²) in [6.07, 6.45) is 0. The molecule has 3 aromatic rings. The van der Waals surface area contributed by atoms with Gasteiger partial charge in [-0.25, -0.2) is 0 Å². The van der Waals surface area contributed by atoms with Crippen LogP contribution in [0, 0.1) is 0 Å². The molecule has 1 unspecified atom stereocenters. The first-order valence-electron chi connectivity index (χ1n) is 13.1. The smallest absolute Gasteiger partial charge is 0.255 e. The maximum absolute atomic E-state index is 13.7. The minimum absolute atomic E-state index is 0.00781. The second-order valence-corrected chi connectivity index (χ2v) is 8.93. The predicted octanol–water partition coefficient (Wildman–Crippen LogP) is 4.08. The Bertz CT molecular complexity index is 1170. The van der Waals surface area contributed by atoms with E-state index in [-0.39, 0.29) is 11.6 Å². The summed E-state index contributed by atoms with van der Waals surface area (Å²) in [5.41, 5.74) is 1.58. The van der Waals surface area contributed by atoms with Crippen molar-refractivity contribution in [3.63, 3.8) is 0 Å². The minimum atomic E-state index is -0.00781. The number of hydrogen-bond acceptors (Lipinski definition) is 7. The molecule has 1 fully saturated rings. The Hall–Kier alpha value is -2.75. The highest BCUT2D eigenvalue weighted by Gasteiger charge is 2.25. The summed E-state index contributed by atoms with van der Waals surface area (Å²) in [5, 5.41) is 0.990. The van der Waals surface area contributed by atoms with Crippen molar-refractivity contribution < 1.29 is 23.7 Å². The maximum Gasteiger partial charge on any atom is 0.255 e. The quantitative estimate of drug-likeness (QED) is 0.303. The molecule has 0 bridgehead atoms. The molecular formula is C29H38N2O6. The van der Waals surface area contributed by atoms with E-state index >= 15 is 0 Å². The van der Waals surface area contributed by atoms with Crippen LogP contribution < -0.4 is 10.3 Å². The van der Waals surface area contributed by atoms with Crippen molar-refractivity contribution in [1.82, 2.24) is 9.47 Å². The summed E-state index contributed by atoms with van der Waals surface area (Å²) < 4.78 is 30.4. The first-order chi connectivity index (χ1) is 18.2. The number of ether oxygens (including phenoxy) is 5. The Balaban J connectivity index is 1.57. The Kier molecular flexibility index (Phi) is 10.5. The van der Waals surface area contributed by atoms with Gasteiger partial charge in [-0.1, -0.05) is 18.2 Å². The Labute approximate surface area is 218 Å². The van der Waals surface area contributed by atoms with Gasteiger partial charge in [0.2, 0.25) is 0 Å². The van der Waals surface area contributed by atoms with Gasteiger partial charge in [0.1, 0.15) is 11.5 Å². The van der Waals surface area contributed by atoms with E-state index in [4.69, 9.17) is 23.7 Å². The van der Waals surface area contributed by atoms with Gasteiger partial charge in [-0.2, -0.15) is 0 Å². The lowest BCUT2D eigenvalue weighted by molar-refractivity contribution is -0.0533. The molecule has 2 heterocycles. The average Bonchev–Trinajstić information content (AvgIpc) is 2.92. The van der Waals surface area contributed by atoms with Gasteiger partial charge < -0.3 is 28.3 Å². The third-order valence-corrected chi connectivity index (χ3v) is 6.39. The number of hydrogen-bond donors (Lipinski definition) is 0. The van der Waals surface area contributed by atoms with Gasteiger partial charge in [-0.15, -0.1) is 0 Å². The van der Waals surface area contributed by atoms with E-state index in [1.165, 1.54) is 0 Å². The van der Waals surface area contributed by atoms with Crippen LogP contribution in [0.25, 0.3) is 10.9 Å². The van der Waals surface area contributed by atoms with Crippen LogP contribution in [0.3, 0.4) is 0 Å². The highest BCUT2D eigenvalue weighted by Crippen LogP contribution is 2.26. The summed E-state index contributed by atoms with van der Waals surface area (Å²) in [4.78, 5) is 16.0. The van der Waals surface area contributed by atoms with E-state index in [0.717, 1.165) is 28.8 Å². The summed E-state index contributed by atoms with van der Waals surface area (Å²) in [7, 11) is 0. The molecule has 200 valence electrons. The number of pyridine rings is 1. The van der Waals surface area contributed by atoms with Crippen molar-refractivity contribution in [2.75, 3.05) is 59.4 Å². The third-order valence-electron chi connectivity index (χ3n) is 6.39. The van der Waals surface area contributed by atoms with Crippen molar-refractivity contribution >= 4 is 10.9 Å². The molecule has 0 spiro atoms. The molecule has 2 aromatic carbocycles. The van der Waals surface area contributed by atoms with Crippen molar-refractivity contribution in [2.45, 2.75) is 33.0 Å². The molecule has 1 aliphatic rings. The van der Waals surface area contributed by atoms with E-state index in [1.54, 1.807) is 0 Å². The number of aromatic nitrogens is 1. The molecule has 1 atom stereocenters. The lowest BCUT2D eigenvalue weighted by atomic mass is 10.1. The normalized spacial score (nSPS) is 16.3. The number of fused-ring (bicyclic) bond motifs is 1. The first-order valence-corrected chi connectivity index (χ1v) is 13.1. The molecule has 1 saturated heterocycles. The van der Waals surface area contributed by atoms with Crippen LogP contribution in [0.4, 0.5) is 0 Å². The van der Waals surface area contributed by atoms with Gasteiger partial charge in [0.05, 0.1) is 51.2 Å². The molecule has 1 aromatic heterocycles. The number of para-hydroxylation sites is 1. The van der Waals surface area contributed by atoms with Gasteiger partial charge in [0, 0.05) is 44.5 Å². The summed E-state index contributed by atoms with van der Waals surface area (Å²) >= 11 is 0. The minimum Gasteiger partial charge on any atom is -0.457 e. The van der Waals surface area contributed by atoms with Crippen LogP contribution in [-0.2, 0) is 32.0 Å². The number of morpholine rings is 1. The fourth-order valence-electron chi connectivity index (χ4n) is 4.49. The highest BCUT2D eigenvalue weighted by molar-refractivity contribution is 5.81. The largest absolute Gasteiger partial charge is 0.457 e. The van der Waals surface area contributed by atoms with Crippen molar-refractivity contribution in [3.05, 3.63) is 70.5 Å². The van der Waals surface area contributed by atoms with Crippen LogP contribution in [0.5, 0.6) is 11.5 Å². The molecule has 4 rings (SSSR count). The number of rotatable bonds is 14. The van der Waals surface area contributed by atoms with E-state index < -0.39 is 0 Å². The predicted molar refractivity (Wildman–Crippen MR) is 144 cm³/mol. The van der Waals surface area contributed by atoms with Crippen molar-refractivity contribution in [3.8, 4) is 11.5 Å². The molecule has 1 aliphatic heterocycles. The topological polar surface area (TPSA) is 71.4 Å². The second-order valence-electron chi connectivity index (χ2n) is 8.93. The van der Waals surface area contributed by atoms with Crippen LogP contribution in [-0.4, -0.2) is 74.9 Å². The lowest BCUT2D eigenvalue weighted by Gasteiger charge is -2.35. The molecule has 37 heavy (non-hydrogen) atoms. The van der Waals surface area contributed by atoms with Gasteiger partial charge >= 0.3 is 0 Å². The standard InChI is InChI=1S/C29H38N2O6/c1-3-33-15-13-31-28-19-27(37-26-8-6-5-7-9-26)11-10-23(28)18-24(29(31)32)20-30-12-14-35-21-25(30)22-36-17-16-34-4-2/h5-11,18-19,25H,3-4,12-17,20-22H2,1-2H3. The van der Waals surface area contributed by atoms with Crippen molar-refractivity contribution in [1.29, 1.82) is 0 Å². The van der Waals surface area contributed by atoms with Crippen LogP contribution in [0.2, 0.25) is 0 Å². The lowest BCUT2D eigenvalue weighted by Crippen LogP contribution is -2.48. The SMILES string of the molecule is CCOCCOCC1COCCN1Cc1cc2ccc(Oc3ccccc3)cc2n(CCOCC)c1=O. The fraction of sp³-hybridized carbons (Fsp3) is 0.483. The van der Waals surface area contributed by atoms with E-state index in [9.17, 15) is 4.79 Å². The van der Waals surface area contributed by atoms with Gasteiger partial charge in [-0.3, -0.25) is 9.69 Å².